The summed E-state index contributed by atoms with van der Waals surface area (Å²) >= 11 is 6.22. The average molecular weight is 265 g/mol. The van der Waals surface area contributed by atoms with Crippen molar-refractivity contribution in [1.29, 1.82) is 0 Å². The van der Waals surface area contributed by atoms with Crippen LogP contribution < -0.4 is 5.73 Å². The summed E-state index contributed by atoms with van der Waals surface area (Å²) in [5.41, 5.74) is 6.45. The molecule has 1 aromatic carbocycles. The van der Waals surface area contributed by atoms with Gasteiger partial charge >= 0.3 is 0 Å². The predicted octanol–water partition coefficient (Wildman–Crippen LogP) is 2.81. The van der Waals surface area contributed by atoms with Crippen LogP contribution in [0.15, 0.2) is 24.3 Å². The van der Waals surface area contributed by atoms with E-state index < -0.39 is 0 Å². The quantitative estimate of drug-likeness (QED) is 0.907. The number of hydrogen-bond acceptors (Lipinski definition) is 3. The molecule has 0 saturated carbocycles. The number of halogens is 1. The summed E-state index contributed by atoms with van der Waals surface area (Å²) in [6.45, 7) is 6.64. The van der Waals surface area contributed by atoms with Crippen LogP contribution >= 0.6 is 11.6 Å². The normalized spacial score (nSPS) is 11.8. The molecule has 0 aliphatic heterocycles. The molecule has 2 rings (SSSR count). The molecule has 0 atom stereocenters. The molecule has 0 radical (unpaired) electrons. The Hall–Kier alpha value is -1.39. The van der Waals surface area contributed by atoms with E-state index in [0.717, 1.165) is 17.2 Å². The molecule has 18 heavy (non-hydrogen) atoms. The molecule has 1 aromatic heterocycles. The van der Waals surface area contributed by atoms with Gasteiger partial charge in [0.25, 0.3) is 0 Å². The smallest absolute Gasteiger partial charge is 0.166 e. The molecule has 4 nitrogen and oxygen atoms in total. The van der Waals surface area contributed by atoms with Crippen LogP contribution in [0.3, 0.4) is 0 Å². The first-order chi connectivity index (χ1) is 8.45. The summed E-state index contributed by atoms with van der Waals surface area (Å²) < 4.78 is 2.04. The van der Waals surface area contributed by atoms with E-state index in [1.807, 2.05) is 28.8 Å². The lowest BCUT2D eigenvalue weighted by Crippen LogP contribution is -2.26. The van der Waals surface area contributed by atoms with E-state index in [-0.39, 0.29) is 5.54 Å². The summed E-state index contributed by atoms with van der Waals surface area (Å²) in [5.74, 6) is 1.52. The molecular weight excluding hydrogens is 248 g/mol. The van der Waals surface area contributed by atoms with Gasteiger partial charge in [0, 0.05) is 11.1 Å². The Bertz CT molecular complexity index is 554. The van der Waals surface area contributed by atoms with Gasteiger partial charge in [0.1, 0.15) is 5.82 Å². The molecule has 0 spiro atoms. The summed E-state index contributed by atoms with van der Waals surface area (Å²) in [7, 11) is 0. The van der Waals surface area contributed by atoms with E-state index in [1.165, 1.54) is 0 Å². The average Bonchev–Trinajstić information content (AvgIpc) is 2.73. The first-order valence-electron chi connectivity index (χ1n) is 5.85. The highest BCUT2D eigenvalue weighted by Gasteiger charge is 2.24. The second kappa shape index (κ2) is 4.71. The van der Waals surface area contributed by atoms with Gasteiger partial charge < -0.3 is 10.3 Å². The minimum Gasteiger partial charge on any atom is -0.324 e. The second-order valence-corrected chi connectivity index (χ2v) is 5.54. The molecule has 1 heterocycles. The van der Waals surface area contributed by atoms with Crippen molar-refractivity contribution in [2.75, 3.05) is 0 Å². The zero-order valence-corrected chi connectivity index (χ0v) is 11.6. The van der Waals surface area contributed by atoms with Crippen LogP contribution in [0.5, 0.6) is 0 Å². The lowest BCUT2D eigenvalue weighted by molar-refractivity contribution is 0.386. The third kappa shape index (κ3) is 2.26. The molecule has 0 saturated heterocycles. The zero-order valence-electron chi connectivity index (χ0n) is 10.8. The van der Waals surface area contributed by atoms with Gasteiger partial charge in [-0.05, 0) is 32.9 Å². The third-order valence-electron chi connectivity index (χ3n) is 2.70. The van der Waals surface area contributed by atoms with Crippen molar-refractivity contribution in [3.05, 3.63) is 35.1 Å². The number of nitrogens with zero attached hydrogens (tertiary/aromatic N) is 3. The van der Waals surface area contributed by atoms with Gasteiger partial charge in [-0.3, -0.25) is 0 Å². The highest BCUT2D eigenvalue weighted by Crippen LogP contribution is 2.30. The minimum atomic E-state index is -0.146. The monoisotopic (exact) mass is 264 g/mol. The van der Waals surface area contributed by atoms with Crippen molar-refractivity contribution in [3.8, 4) is 11.4 Å². The fourth-order valence-electron chi connectivity index (χ4n) is 1.97. The first-order valence-corrected chi connectivity index (χ1v) is 6.22. The second-order valence-electron chi connectivity index (χ2n) is 5.13. The van der Waals surface area contributed by atoms with Crippen LogP contribution in [0.1, 0.15) is 26.6 Å². The molecule has 2 N–H and O–H groups in total. The third-order valence-corrected chi connectivity index (χ3v) is 3.03. The van der Waals surface area contributed by atoms with E-state index in [2.05, 4.69) is 31.0 Å². The summed E-state index contributed by atoms with van der Waals surface area (Å²) in [6.07, 6.45) is 0. The van der Waals surface area contributed by atoms with Crippen LogP contribution in [0.2, 0.25) is 5.02 Å². The maximum Gasteiger partial charge on any atom is 0.166 e. The maximum atomic E-state index is 6.22. The van der Waals surface area contributed by atoms with E-state index >= 15 is 0 Å². The molecule has 0 fully saturated rings. The molecule has 0 amide bonds. The Morgan fingerprint density at radius 1 is 1.22 bits per heavy atom. The van der Waals surface area contributed by atoms with Crippen LogP contribution in [0.4, 0.5) is 0 Å². The summed E-state index contributed by atoms with van der Waals surface area (Å²) in [6, 6.07) is 7.62. The Balaban J connectivity index is 2.66. The molecule has 2 aromatic rings. The fourth-order valence-corrected chi connectivity index (χ4v) is 2.19. The van der Waals surface area contributed by atoms with Crippen LogP contribution in [0.25, 0.3) is 11.4 Å². The fraction of sp³-hybridized carbons (Fsp3) is 0.385. The Labute approximate surface area is 112 Å². The molecule has 0 aliphatic rings. The van der Waals surface area contributed by atoms with E-state index in [9.17, 15) is 0 Å². The number of rotatable bonds is 2. The molecule has 0 aliphatic carbocycles. The molecule has 96 valence electrons. The van der Waals surface area contributed by atoms with Gasteiger partial charge in [-0.2, -0.15) is 0 Å². The number of aromatic nitrogens is 3. The van der Waals surface area contributed by atoms with Gasteiger partial charge in [0.15, 0.2) is 5.82 Å². The first kappa shape index (κ1) is 13.1. The highest BCUT2D eigenvalue weighted by atomic mass is 35.5. The standard InChI is InChI=1S/C13H17ClN4/c1-13(2,3)18-11(8-15)16-17-12(18)9-6-4-5-7-10(9)14/h4-7H,8,15H2,1-3H3. The van der Waals surface area contributed by atoms with Crippen LogP contribution in [-0.4, -0.2) is 14.8 Å². The van der Waals surface area contributed by atoms with Gasteiger partial charge in [-0.25, -0.2) is 0 Å². The largest absolute Gasteiger partial charge is 0.324 e. The number of hydrogen-bond donors (Lipinski definition) is 1. The van der Waals surface area contributed by atoms with Crippen molar-refractivity contribution in [3.63, 3.8) is 0 Å². The van der Waals surface area contributed by atoms with Crippen molar-refractivity contribution in [2.45, 2.75) is 32.9 Å². The van der Waals surface area contributed by atoms with Crippen molar-refractivity contribution >= 4 is 11.6 Å². The van der Waals surface area contributed by atoms with Gasteiger partial charge in [-0.15, -0.1) is 10.2 Å². The Kier molecular flexibility index (Phi) is 3.41. The minimum absolute atomic E-state index is 0.146. The highest BCUT2D eigenvalue weighted by molar-refractivity contribution is 6.33. The lowest BCUT2D eigenvalue weighted by Gasteiger charge is -2.25. The van der Waals surface area contributed by atoms with Gasteiger partial charge in [0.05, 0.1) is 11.6 Å². The molecule has 0 unspecified atom stereocenters. The molecular formula is C13H17ClN4. The van der Waals surface area contributed by atoms with E-state index in [0.29, 0.717) is 11.6 Å². The van der Waals surface area contributed by atoms with Crippen molar-refractivity contribution < 1.29 is 0 Å². The number of nitrogens with two attached hydrogens (primary N) is 1. The van der Waals surface area contributed by atoms with Crippen LogP contribution in [-0.2, 0) is 12.1 Å². The Morgan fingerprint density at radius 2 is 1.89 bits per heavy atom. The van der Waals surface area contributed by atoms with Crippen molar-refractivity contribution in [1.82, 2.24) is 14.8 Å². The SMILES string of the molecule is CC(C)(C)n1c(CN)nnc1-c1ccccc1Cl. The Morgan fingerprint density at radius 3 is 2.44 bits per heavy atom. The molecule has 5 heteroatoms. The van der Waals surface area contributed by atoms with Crippen molar-refractivity contribution in [2.24, 2.45) is 5.73 Å². The van der Waals surface area contributed by atoms with Gasteiger partial charge in [-0.1, -0.05) is 23.7 Å². The zero-order chi connectivity index (χ0) is 13.3. The van der Waals surface area contributed by atoms with E-state index in [1.54, 1.807) is 0 Å². The molecule has 0 bridgehead atoms. The van der Waals surface area contributed by atoms with Gasteiger partial charge in [0.2, 0.25) is 0 Å². The summed E-state index contributed by atoms with van der Waals surface area (Å²) in [5, 5.41) is 9.05. The lowest BCUT2D eigenvalue weighted by atomic mass is 10.1. The number of benzene rings is 1. The van der Waals surface area contributed by atoms with E-state index in [4.69, 9.17) is 17.3 Å². The predicted molar refractivity (Wildman–Crippen MR) is 73.4 cm³/mol. The topological polar surface area (TPSA) is 56.7 Å². The maximum absolute atomic E-state index is 6.22. The summed E-state index contributed by atoms with van der Waals surface area (Å²) in [4.78, 5) is 0. The van der Waals surface area contributed by atoms with Crippen LogP contribution in [0, 0.1) is 0 Å².